The van der Waals surface area contributed by atoms with Crippen molar-refractivity contribution in [3.63, 3.8) is 0 Å². The Bertz CT molecular complexity index is 258. The van der Waals surface area contributed by atoms with E-state index in [2.05, 4.69) is 0 Å². The molecule has 21 heavy (non-hydrogen) atoms. The Labute approximate surface area is 140 Å². The van der Waals surface area contributed by atoms with E-state index in [0.29, 0.717) is 56.5 Å². The van der Waals surface area contributed by atoms with Gasteiger partial charge >= 0.3 is 17.6 Å². The van der Waals surface area contributed by atoms with Crippen molar-refractivity contribution in [1.82, 2.24) is 0 Å². The standard InChI is InChI=1S/C12H28Cl2O5Si2/c1-4-16-20(15,11-7-9-13)19-21(17-5-2,18-6-3)12-8-10-14/h15H,4-12H2,1-3H3. The van der Waals surface area contributed by atoms with Gasteiger partial charge < -0.3 is 22.2 Å². The lowest BCUT2D eigenvalue weighted by atomic mass is 10.6. The fourth-order valence-electron chi connectivity index (χ4n) is 1.93. The molecule has 0 aliphatic rings. The third-order valence-electron chi connectivity index (χ3n) is 2.66. The van der Waals surface area contributed by atoms with Crippen LogP contribution < -0.4 is 0 Å². The van der Waals surface area contributed by atoms with Crippen LogP contribution in [-0.2, 0) is 17.4 Å². The molecule has 0 saturated carbocycles. The maximum Gasteiger partial charge on any atom is 0.493 e. The molecule has 0 aliphatic heterocycles. The molecule has 1 atom stereocenters. The Morgan fingerprint density at radius 3 is 1.71 bits per heavy atom. The molecule has 0 bridgehead atoms. The highest BCUT2D eigenvalue weighted by molar-refractivity contribution is 6.74. The quantitative estimate of drug-likeness (QED) is 0.371. The first-order chi connectivity index (χ1) is 10.0. The van der Waals surface area contributed by atoms with E-state index in [4.69, 9.17) is 40.6 Å². The molecule has 0 rings (SSSR count). The second kappa shape index (κ2) is 12.3. The highest BCUT2D eigenvalue weighted by atomic mass is 35.5. The van der Waals surface area contributed by atoms with E-state index in [-0.39, 0.29) is 0 Å². The van der Waals surface area contributed by atoms with Gasteiger partial charge in [0.1, 0.15) is 0 Å². The summed E-state index contributed by atoms with van der Waals surface area (Å²) >= 11 is 11.5. The van der Waals surface area contributed by atoms with Crippen LogP contribution in [0.1, 0.15) is 33.6 Å². The van der Waals surface area contributed by atoms with Crippen LogP contribution in [0.15, 0.2) is 0 Å². The Balaban J connectivity index is 5.06. The first-order valence-corrected chi connectivity index (χ1v) is 12.4. The van der Waals surface area contributed by atoms with Crippen LogP contribution in [0, 0.1) is 0 Å². The van der Waals surface area contributed by atoms with Gasteiger partial charge in [-0.3, -0.25) is 0 Å². The van der Waals surface area contributed by atoms with Crippen molar-refractivity contribution in [1.29, 1.82) is 0 Å². The molecular weight excluding hydrogens is 351 g/mol. The van der Waals surface area contributed by atoms with E-state index in [1.54, 1.807) is 0 Å². The predicted octanol–water partition coefficient (Wildman–Crippen LogP) is 3.24. The molecule has 0 aliphatic carbocycles. The SMILES string of the molecule is CCO[Si](O)(CCCCl)O[Si](CCCCl)(OCC)OCC. The molecule has 0 amide bonds. The van der Waals surface area contributed by atoms with Crippen molar-refractivity contribution >= 4 is 40.8 Å². The van der Waals surface area contributed by atoms with Crippen LogP contribution in [-0.4, -0.2) is 54.0 Å². The van der Waals surface area contributed by atoms with Crippen LogP contribution >= 0.6 is 23.2 Å². The summed E-state index contributed by atoms with van der Waals surface area (Å²) in [6, 6.07) is 0.974. The average Bonchev–Trinajstić information content (AvgIpc) is 2.44. The van der Waals surface area contributed by atoms with Gasteiger partial charge in [0.05, 0.1) is 0 Å². The monoisotopic (exact) mass is 378 g/mol. The lowest BCUT2D eigenvalue weighted by Gasteiger charge is -2.35. The van der Waals surface area contributed by atoms with Crippen LogP contribution in [0.2, 0.25) is 12.1 Å². The predicted molar refractivity (Wildman–Crippen MR) is 90.0 cm³/mol. The van der Waals surface area contributed by atoms with E-state index in [1.807, 2.05) is 20.8 Å². The second-order valence-electron chi connectivity index (χ2n) is 4.38. The van der Waals surface area contributed by atoms with Gasteiger partial charge in [0.15, 0.2) is 0 Å². The van der Waals surface area contributed by atoms with Crippen LogP contribution in [0.4, 0.5) is 0 Å². The molecule has 0 heterocycles. The summed E-state index contributed by atoms with van der Waals surface area (Å²) in [6.45, 7) is 6.88. The molecule has 0 spiro atoms. The summed E-state index contributed by atoms with van der Waals surface area (Å²) in [6.07, 6.45) is 1.34. The number of alkyl halides is 2. The van der Waals surface area contributed by atoms with Gasteiger partial charge in [-0.05, 0) is 33.6 Å². The van der Waals surface area contributed by atoms with Crippen molar-refractivity contribution in [2.24, 2.45) is 0 Å². The minimum atomic E-state index is -3.35. The zero-order valence-electron chi connectivity index (χ0n) is 13.2. The summed E-state index contributed by atoms with van der Waals surface area (Å²) in [5, 5.41) is 0. The summed E-state index contributed by atoms with van der Waals surface area (Å²) in [4.78, 5) is 10.7. The van der Waals surface area contributed by atoms with E-state index < -0.39 is 17.6 Å². The lowest BCUT2D eigenvalue weighted by Crippen LogP contribution is -2.57. The molecule has 0 aromatic heterocycles. The normalized spacial score (nSPS) is 15.1. The zero-order valence-corrected chi connectivity index (χ0v) is 16.7. The Morgan fingerprint density at radius 2 is 1.29 bits per heavy atom. The Morgan fingerprint density at radius 1 is 0.810 bits per heavy atom. The molecule has 0 radical (unpaired) electrons. The van der Waals surface area contributed by atoms with Crippen molar-refractivity contribution in [2.75, 3.05) is 31.6 Å². The maximum atomic E-state index is 10.7. The van der Waals surface area contributed by atoms with Gasteiger partial charge in [-0.25, -0.2) is 0 Å². The molecular formula is C12H28Cl2O5Si2. The first-order valence-electron chi connectivity index (χ1n) is 7.47. The summed E-state index contributed by atoms with van der Waals surface area (Å²) in [5.74, 6) is 0.944. The number of hydrogen-bond donors (Lipinski definition) is 1. The number of rotatable bonds is 14. The molecule has 0 aromatic carbocycles. The Hall–Kier alpha value is 0.814. The van der Waals surface area contributed by atoms with E-state index in [1.165, 1.54) is 0 Å². The fraction of sp³-hybridized carbons (Fsp3) is 1.00. The summed E-state index contributed by atoms with van der Waals surface area (Å²) in [7, 11) is -6.33. The number of hydrogen-bond acceptors (Lipinski definition) is 5. The lowest BCUT2D eigenvalue weighted by molar-refractivity contribution is 0.0673. The highest BCUT2D eigenvalue weighted by Gasteiger charge is 2.50. The third kappa shape index (κ3) is 8.87. The summed E-state index contributed by atoms with van der Waals surface area (Å²) < 4.78 is 23.1. The van der Waals surface area contributed by atoms with E-state index >= 15 is 0 Å². The van der Waals surface area contributed by atoms with Gasteiger partial charge in [-0.1, -0.05) is 0 Å². The maximum absolute atomic E-state index is 10.7. The molecule has 1 N–H and O–H groups in total. The molecule has 1 unspecified atom stereocenters. The smallest absolute Gasteiger partial charge is 0.390 e. The van der Waals surface area contributed by atoms with Crippen molar-refractivity contribution < 1.29 is 22.2 Å². The molecule has 0 aromatic rings. The highest BCUT2D eigenvalue weighted by Crippen LogP contribution is 2.26. The van der Waals surface area contributed by atoms with Crippen LogP contribution in [0.5, 0.6) is 0 Å². The third-order valence-corrected chi connectivity index (χ3v) is 9.86. The molecule has 5 nitrogen and oxygen atoms in total. The minimum Gasteiger partial charge on any atom is -0.390 e. The van der Waals surface area contributed by atoms with E-state index in [9.17, 15) is 4.80 Å². The average molecular weight is 379 g/mol. The fourth-order valence-corrected chi connectivity index (χ4v) is 9.19. The van der Waals surface area contributed by atoms with Gasteiger partial charge in [0, 0.05) is 43.7 Å². The largest absolute Gasteiger partial charge is 0.493 e. The molecule has 0 fully saturated rings. The Kier molecular flexibility index (Phi) is 12.7. The minimum absolute atomic E-state index is 0.378. The van der Waals surface area contributed by atoms with Gasteiger partial charge in [0.2, 0.25) is 0 Å². The summed E-state index contributed by atoms with van der Waals surface area (Å²) in [5.41, 5.74) is 0. The molecule has 0 saturated heterocycles. The topological polar surface area (TPSA) is 57.2 Å². The van der Waals surface area contributed by atoms with Gasteiger partial charge in [0.25, 0.3) is 0 Å². The van der Waals surface area contributed by atoms with Crippen molar-refractivity contribution in [3.05, 3.63) is 0 Å². The van der Waals surface area contributed by atoms with Gasteiger partial charge in [-0.15, -0.1) is 23.2 Å². The van der Waals surface area contributed by atoms with Crippen molar-refractivity contribution in [3.8, 4) is 0 Å². The molecule has 128 valence electrons. The molecule has 9 heteroatoms. The van der Waals surface area contributed by atoms with E-state index in [0.717, 1.165) is 0 Å². The number of halogens is 2. The van der Waals surface area contributed by atoms with Crippen molar-refractivity contribution in [2.45, 2.75) is 45.7 Å². The van der Waals surface area contributed by atoms with Crippen LogP contribution in [0.25, 0.3) is 0 Å². The first kappa shape index (κ1) is 21.8. The second-order valence-corrected chi connectivity index (χ2v) is 10.6. The van der Waals surface area contributed by atoms with Gasteiger partial charge in [-0.2, -0.15) is 0 Å². The zero-order chi connectivity index (χ0) is 16.2. The van der Waals surface area contributed by atoms with Crippen LogP contribution in [0.3, 0.4) is 0 Å².